The molecule has 2 aromatic heterocycles. The Morgan fingerprint density at radius 1 is 1.33 bits per heavy atom. The Bertz CT molecular complexity index is 645. The summed E-state index contributed by atoms with van der Waals surface area (Å²) in [5, 5.41) is 0. The van der Waals surface area contributed by atoms with Crippen LogP contribution in [0.4, 0.5) is 11.4 Å². The first-order valence-electron chi connectivity index (χ1n) is 6.94. The molecule has 1 saturated heterocycles. The highest BCUT2D eigenvalue weighted by Gasteiger charge is 2.23. The Labute approximate surface area is 123 Å². The first-order valence-corrected chi connectivity index (χ1v) is 6.94. The van der Waals surface area contributed by atoms with Crippen LogP contribution in [0.15, 0.2) is 35.2 Å². The van der Waals surface area contributed by atoms with E-state index in [1.165, 1.54) is 6.26 Å². The van der Waals surface area contributed by atoms with Crippen LogP contribution in [-0.4, -0.2) is 42.0 Å². The lowest BCUT2D eigenvalue weighted by Crippen LogP contribution is -2.48. The minimum atomic E-state index is 0.0224. The normalized spacial score (nSPS) is 15.3. The van der Waals surface area contributed by atoms with E-state index in [1.807, 2.05) is 17.9 Å². The van der Waals surface area contributed by atoms with E-state index >= 15 is 0 Å². The van der Waals surface area contributed by atoms with Gasteiger partial charge in [-0.2, -0.15) is 0 Å². The number of anilines is 2. The van der Waals surface area contributed by atoms with Crippen molar-refractivity contribution in [3.05, 3.63) is 42.1 Å². The van der Waals surface area contributed by atoms with E-state index in [-0.39, 0.29) is 5.91 Å². The molecule has 0 aromatic carbocycles. The Balaban J connectivity index is 1.65. The second-order valence-corrected chi connectivity index (χ2v) is 5.16. The molecule has 6 heteroatoms. The molecular formula is C15H18N4O2. The lowest BCUT2D eigenvalue weighted by molar-refractivity contribution is 0.0746. The molecule has 0 spiro atoms. The fourth-order valence-electron chi connectivity index (χ4n) is 2.58. The lowest BCUT2D eigenvalue weighted by atomic mass is 10.2. The lowest BCUT2D eigenvalue weighted by Gasteiger charge is -2.36. The molecule has 0 atom stereocenters. The maximum Gasteiger partial charge on any atom is 0.257 e. The van der Waals surface area contributed by atoms with Crippen molar-refractivity contribution < 1.29 is 9.21 Å². The van der Waals surface area contributed by atoms with Crippen molar-refractivity contribution in [1.29, 1.82) is 0 Å². The van der Waals surface area contributed by atoms with E-state index in [4.69, 9.17) is 10.2 Å². The topological polar surface area (TPSA) is 75.6 Å². The summed E-state index contributed by atoms with van der Waals surface area (Å²) >= 11 is 0. The maximum atomic E-state index is 12.3. The Morgan fingerprint density at radius 3 is 2.71 bits per heavy atom. The molecule has 1 fully saturated rings. The van der Waals surface area contributed by atoms with Crippen LogP contribution in [0.25, 0.3) is 0 Å². The van der Waals surface area contributed by atoms with Crippen LogP contribution in [0.3, 0.4) is 0 Å². The van der Waals surface area contributed by atoms with E-state index in [2.05, 4.69) is 9.88 Å². The van der Waals surface area contributed by atoms with Gasteiger partial charge < -0.3 is 20.0 Å². The predicted octanol–water partition coefficient (Wildman–Crippen LogP) is 1.53. The van der Waals surface area contributed by atoms with Gasteiger partial charge in [0.1, 0.15) is 12.0 Å². The van der Waals surface area contributed by atoms with Gasteiger partial charge >= 0.3 is 0 Å². The highest BCUT2D eigenvalue weighted by Crippen LogP contribution is 2.23. The minimum absolute atomic E-state index is 0.0224. The van der Waals surface area contributed by atoms with E-state index in [0.29, 0.717) is 24.3 Å². The summed E-state index contributed by atoms with van der Waals surface area (Å²) in [6.07, 6.45) is 4.91. The summed E-state index contributed by atoms with van der Waals surface area (Å²) in [7, 11) is 0. The van der Waals surface area contributed by atoms with Crippen LogP contribution in [0, 0.1) is 6.92 Å². The number of nitrogens with zero attached hydrogens (tertiary/aromatic N) is 3. The third kappa shape index (κ3) is 2.69. The Hall–Kier alpha value is -2.50. The number of hydrogen-bond donors (Lipinski definition) is 1. The molecular weight excluding hydrogens is 268 g/mol. The maximum absolute atomic E-state index is 12.3. The molecule has 3 heterocycles. The average molecular weight is 286 g/mol. The fraction of sp³-hybridized carbons (Fsp3) is 0.333. The number of carbonyl (C=O) groups excluding carboxylic acids is 1. The van der Waals surface area contributed by atoms with Crippen LogP contribution in [-0.2, 0) is 0 Å². The summed E-state index contributed by atoms with van der Waals surface area (Å²) in [6, 6.07) is 3.68. The molecule has 1 amide bonds. The summed E-state index contributed by atoms with van der Waals surface area (Å²) in [4.78, 5) is 20.4. The van der Waals surface area contributed by atoms with Crippen molar-refractivity contribution in [2.75, 3.05) is 36.8 Å². The second-order valence-electron chi connectivity index (χ2n) is 5.16. The molecule has 0 aliphatic carbocycles. The highest BCUT2D eigenvalue weighted by atomic mass is 16.3. The van der Waals surface area contributed by atoms with Crippen LogP contribution in [0.5, 0.6) is 0 Å². The Morgan fingerprint density at radius 2 is 2.10 bits per heavy atom. The van der Waals surface area contributed by atoms with Gasteiger partial charge in [-0.05, 0) is 19.1 Å². The molecule has 1 aliphatic rings. The SMILES string of the molecule is Cc1cc(C(=O)N2CCN(c3ccncc3N)CC2)co1. The van der Waals surface area contributed by atoms with Crippen LogP contribution in [0.1, 0.15) is 16.1 Å². The van der Waals surface area contributed by atoms with Gasteiger partial charge in [-0.25, -0.2) is 0 Å². The number of amides is 1. The summed E-state index contributed by atoms with van der Waals surface area (Å²) in [6.45, 7) is 4.70. The van der Waals surface area contributed by atoms with Crippen molar-refractivity contribution in [2.24, 2.45) is 0 Å². The molecule has 110 valence electrons. The van der Waals surface area contributed by atoms with E-state index in [1.54, 1.807) is 18.5 Å². The van der Waals surface area contributed by atoms with Crippen molar-refractivity contribution in [2.45, 2.75) is 6.92 Å². The number of rotatable bonds is 2. The zero-order chi connectivity index (χ0) is 14.8. The van der Waals surface area contributed by atoms with E-state index in [0.717, 1.165) is 24.5 Å². The molecule has 0 bridgehead atoms. The number of carbonyl (C=O) groups is 1. The largest absolute Gasteiger partial charge is 0.469 e. The number of piperazine rings is 1. The third-order valence-corrected chi connectivity index (χ3v) is 3.71. The summed E-state index contributed by atoms with van der Waals surface area (Å²) in [5.74, 6) is 0.774. The van der Waals surface area contributed by atoms with Crippen LogP contribution < -0.4 is 10.6 Å². The quantitative estimate of drug-likeness (QED) is 0.906. The van der Waals surface area contributed by atoms with Gasteiger partial charge in [0.15, 0.2) is 0 Å². The van der Waals surface area contributed by atoms with Gasteiger partial charge in [0, 0.05) is 32.4 Å². The van der Waals surface area contributed by atoms with Crippen molar-refractivity contribution in [3.63, 3.8) is 0 Å². The number of furan rings is 1. The number of aromatic nitrogens is 1. The zero-order valence-corrected chi connectivity index (χ0v) is 12.0. The first kappa shape index (κ1) is 13.5. The number of pyridine rings is 1. The van der Waals surface area contributed by atoms with Crippen molar-refractivity contribution >= 4 is 17.3 Å². The number of hydrogen-bond acceptors (Lipinski definition) is 5. The minimum Gasteiger partial charge on any atom is -0.469 e. The van der Waals surface area contributed by atoms with Gasteiger partial charge in [0.05, 0.1) is 23.1 Å². The average Bonchev–Trinajstić information content (AvgIpc) is 2.94. The molecule has 6 nitrogen and oxygen atoms in total. The van der Waals surface area contributed by atoms with E-state index in [9.17, 15) is 4.79 Å². The molecule has 0 radical (unpaired) electrons. The molecule has 3 rings (SSSR count). The van der Waals surface area contributed by atoms with Gasteiger partial charge in [0.2, 0.25) is 0 Å². The molecule has 0 saturated carbocycles. The van der Waals surface area contributed by atoms with Gasteiger partial charge in [-0.3, -0.25) is 9.78 Å². The summed E-state index contributed by atoms with van der Waals surface area (Å²) in [5.41, 5.74) is 8.21. The molecule has 1 aliphatic heterocycles. The molecule has 21 heavy (non-hydrogen) atoms. The Kier molecular flexibility index (Phi) is 3.51. The number of nitrogens with two attached hydrogens (primary N) is 1. The standard InChI is InChI=1S/C15H18N4O2/c1-11-8-12(10-21-11)15(20)19-6-4-18(5-7-19)14-2-3-17-9-13(14)16/h2-3,8-10H,4-7,16H2,1H3. The monoisotopic (exact) mass is 286 g/mol. The smallest absolute Gasteiger partial charge is 0.257 e. The molecule has 0 unspecified atom stereocenters. The highest BCUT2D eigenvalue weighted by molar-refractivity contribution is 5.94. The number of aryl methyl sites for hydroxylation is 1. The number of nitrogen functional groups attached to an aromatic ring is 1. The van der Waals surface area contributed by atoms with Crippen LogP contribution >= 0.6 is 0 Å². The van der Waals surface area contributed by atoms with Crippen molar-refractivity contribution in [3.8, 4) is 0 Å². The van der Waals surface area contributed by atoms with Crippen LogP contribution in [0.2, 0.25) is 0 Å². The zero-order valence-electron chi connectivity index (χ0n) is 12.0. The van der Waals surface area contributed by atoms with E-state index < -0.39 is 0 Å². The third-order valence-electron chi connectivity index (χ3n) is 3.71. The van der Waals surface area contributed by atoms with Crippen molar-refractivity contribution in [1.82, 2.24) is 9.88 Å². The van der Waals surface area contributed by atoms with Gasteiger partial charge in [-0.1, -0.05) is 0 Å². The van der Waals surface area contributed by atoms with Gasteiger partial charge in [0.25, 0.3) is 5.91 Å². The predicted molar refractivity (Wildman–Crippen MR) is 80.2 cm³/mol. The summed E-state index contributed by atoms with van der Waals surface area (Å²) < 4.78 is 5.20. The molecule has 2 N–H and O–H groups in total. The molecule has 2 aromatic rings. The first-order chi connectivity index (χ1) is 10.1. The van der Waals surface area contributed by atoms with Gasteiger partial charge in [-0.15, -0.1) is 0 Å². The fourth-order valence-corrected chi connectivity index (χ4v) is 2.58. The second kappa shape index (κ2) is 5.47.